The number of Topliss-reactive ketones (excluding diaryl/α,β-unsaturated/α-hetero) is 1. The van der Waals surface area contributed by atoms with E-state index >= 15 is 0 Å². The van der Waals surface area contributed by atoms with Crippen molar-refractivity contribution in [3.63, 3.8) is 0 Å². The van der Waals surface area contributed by atoms with Crippen LogP contribution in [0.4, 0.5) is 5.69 Å². The van der Waals surface area contributed by atoms with Gasteiger partial charge in [-0.2, -0.15) is 0 Å². The zero-order valence-corrected chi connectivity index (χ0v) is 17.5. The van der Waals surface area contributed by atoms with E-state index in [1.165, 1.54) is 16.2 Å². The van der Waals surface area contributed by atoms with Gasteiger partial charge in [-0.3, -0.25) is 14.4 Å². The van der Waals surface area contributed by atoms with E-state index < -0.39 is 5.91 Å². The average Bonchev–Trinajstić information content (AvgIpc) is 3.07. The normalized spacial score (nSPS) is 10.5. The largest absolute Gasteiger partial charge is 0.334 e. The number of likely N-dealkylation sites (N-methyl/N-ethyl adjacent to an activating group) is 1. The summed E-state index contributed by atoms with van der Waals surface area (Å²) in [5.74, 6) is -0.853. The van der Waals surface area contributed by atoms with Gasteiger partial charge >= 0.3 is 0 Å². The fourth-order valence-electron chi connectivity index (χ4n) is 2.31. The highest BCUT2D eigenvalue weighted by molar-refractivity contribution is 7.18. The third kappa shape index (κ3) is 6.21. The number of para-hydroxylation sites is 1. The van der Waals surface area contributed by atoms with Crippen LogP contribution in [0.1, 0.15) is 29.4 Å². The van der Waals surface area contributed by atoms with Gasteiger partial charge in [-0.25, -0.2) is 0 Å². The number of benzene rings is 1. The topological polar surface area (TPSA) is 66.5 Å². The summed E-state index contributed by atoms with van der Waals surface area (Å²) in [4.78, 5) is 38.6. The predicted octanol–water partition coefficient (Wildman–Crippen LogP) is 5.16. The van der Waals surface area contributed by atoms with Crippen LogP contribution in [0.15, 0.2) is 30.3 Å². The van der Waals surface area contributed by atoms with Crippen molar-refractivity contribution in [3.05, 3.63) is 49.6 Å². The van der Waals surface area contributed by atoms with Crippen LogP contribution in [0.25, 0.3) is 0 Å². The molecule has 2 amide bonds. The lowest BCUT2D eigenvalue weighted by molar-refractivity contribution is -0.134. The number of nitrogens with one attached hydrogen (secondary N) is 1. The zero-order chi connectivity index (χ0) is 20.0. The molecule has 2 aromatic rings. The first-order chi connectivity index (χ1) is 12.8. The molecule has 1 aromatic carbocycles. The molecule has 0 fully saturated rings. The molecule has 5 nitrogen and oxygen atoms in total. The van der Waals surface area contributed by atoms with Gasteiger partial charge in [-0.1, -0.05) is 40.9 Å². The highest BCUT2D eigenvalue weighted by Crippen LogP contribution is 2.29. The van der Waals surface area contributed by atoms with Gasteiger partial charge in [0.05, 0.1) is 31.5 Å². The molecule has 144 valence electrons. The average molecular weight is 448 g/mol. The first-order valence-corrected chi connectivity index (χ1v) is 10.1. The van der Waals surface area contributed by atoms with Crippen LogP contribution in [0.5, 0.6) is 0 Å². The zero-order valence-electron chi connectivity index (χ0n) is 14.4. The second-order valence-electron chi connectivity index (χ2n) is 5.58. The number of thiophene rings is 1. The lowest BCUT2D eigenvalue weighted by atomic mass is 10.2. The number of nitrogens with zero attached hydrogens (tertiary/aromatic N) is 1. The molecule has 2 rings (SSSR count). The van der Waals surface area contributed by atoms with E-state index in [0.29, 0.717) is 31.5 Å². The number of carbonyl (C=O) groups is 3. The van der Waals surface area contributed by atoms with E-state index in [0.717, 1.165) is 0 Å². The van der Waals surface area contributed by atoms with Crippen molar-refractivity contribution >= 4 is 69.4 Å². The van der Waals surface area contributed by atoms with Gasteiger partial charge in [0.25, 0.3) is 0 Å². The van der Waals surface area contributed by atoms with Crippen LogP contribution in [0.3, 0.4) is 0 Å². The standard InChI is InChI=1S/C18H17Cl3N2O3S/c1-2-23(10-16(25)22-18-11(19)4-3-5-12(18)20)17(26)9-6-13(24)14-7-8-15(21)27-14/h3-5,7-8H,2,6,9-10H2,1H3,(H,22,25). The molecular formula is C18H17Cl3N2O3S. The summed E-state index contributed by atoms with van der Waals surface area (Å²) in [5, 5.41) is 3.24. The Bertz CT molecular complexity index is 834. The van der Waals surface area contributed by atoms with Crippen LogP contribution in [-0.4, -0.2) is 35.6 Å². The van der Waals surface area contributed by atoms with E-state index in [1.54, 1.807) is 37.3 Å². The lowest BCUT2D eigenvalue weighted by Crippen LogP contribution is -2.38. The molecule has 1 aromatic heterocycles. The second kappa shape index (κ2) is 10.1. The fourth-order valence-corrected chi connectivity index (χ4v) is 3.81. The minimum Gasteiger partial charge on any atom is -0.334 e. The molecule has 0 saturated carbocycles. The van der Waals surface area contributed by atoms with Crippen molar-refractivity contribution in [2.24, 2.45) is 0 Å². The molecule has 9 heteroatoms. The van der Waals surface area contributed by atoms with Crippen LogP contribution in [-0.2, 0) is 9.59 Å². The summed E-state index contributed by atoms with van der Waals surface area (Å²) in [6.45, 7) is 1.94. The van der Waals surface area contributed by atoms with Crippen molar-refractivity contribution < 1.29 is 14.4 Å². The highest BCUT2D eigenvalue weighted by Gasteiger charge is 2.19. The SMILES string of the molecule is CCN(CC(=O)Nc1c(Cl)cccc1Cl)C(=O)CCC(=O)c1ccc(Cl)s1. The molecule has 27 heavy (non-hydrogen) atoms. The van der Waals surface area contributed by atoms with Gasteiger partial charge in [-0.05, 0) is 31.2 Å². The maximum absolute atomic E-state index is 12.4. The molecule has 0 aliphatic carbocycles. The Labute approximate surface area is 176 Å². The number of anilines is 1. The number of rotatable bonds is 8. The van der Waals surface area contributed by atoms with E-state index in [1.807, 2.05) is 0 Å². The number of carbonyl (C=O) groups excluding carboxylic acids is 3. The summed E-state index contributed by atoms with van der Waals surface area (Å²) in [6, 6.07) is 8.16. The number of halogens is 3. The molecule has 0 radical (unpaired) electrons. The maximum Gasteiger partial charge on any atom is 0.244 e. The van der Waals surface area contributed by atoms with E-state index in [9.17, 15) is 14.4 Å². The summed E-state index contributed by atoms with van der Waals surface area (Å²) in [6.07, 6.45) is 0.0759. The highest BCUT2D eigenvalue weighted by atomic mass is 35.5. The number of amides is 2. The molecule has 0 unspecified atom stereocenters. The Hall–Kier alpha value is -1.60. The Morgan fingerprint density at radius 2 is 1.70 bits per heavy atom. The minimum absolute atomic E-state index is 0.0162. The van der Waals surface area contributed by atoms with Crippen molar-refractivity contribution in [3.8, 4) is 0 Å². The molecule has 1 N–H and O–H groups in total. The van der Waals surface area contributed by atoms with Gasteiger partial charge in [0.15, 0.2) is 5.78 Å². The molecule has 0 spiro atoms. The molecule has 0 aliphatic rings. The minimum atomic E-state index is -0.420. The van der Waals surface area contributed by atoms with Crippen molar-refractivity contribution in [1.29, 1.82) is 0 Å². The van der Waals surface area contributed by atoms with Gasteiger partial charge in [0.2, 0.25) is 11.8 Å². The van der Waals surface area contributed by atoms with Crippen molar-refractivity contribution in [1.82, 2.24) is 4.90 Å². The summed E-state index contributed by atoms with van der Waals surface area (Å²) in [5.41, 5.74) is 0.305. The fraction of sp³-hybridized carbons (Fsp3) is 0.278. The first kappa shape index (κ1) is 21.7. The molecule has 1 heterocycles. The smallest absolute Gasteiger partial charge is 0.244 e. The number of ketones is 1. The van der Waals surface area contributed by atoms with E-state index in [2.05, 4.69) is 5.32 Å². The Morgan fingerprint density at radius 3 is 2.26 bits per heavy atom. The molecule has 0 saturated heterocycles. The Morgan fingerprint density at radius 1 is 1.04 bits per heavy atom. The van der Waals surface area contributed by atoms with Gasteiger partial charge < -0.3 is 10.2 Å². The number of hydrogen-bond acceptors (Lipinski definition) is 4. The monoisotopic (exact) mass is 446 g/mol. The summed E-state index contributed by atoms with van der Waals surface area (Å²) in [7, 11) is 0. The molecule has 0 bridgehead atoms. The van der Waals surface area contributed by atoms with Gasteiger partial charge in [-0.15, -0.1) is 11.3 Å². The molecule has 0 aliphatic heterocycles. The molecule has 0 atom stereocenters. The van der Waals surface area contributed by atoms with Gasteiger partial charge in [0, 0.05) is 19.4 Å². The first-order valence-electron chi connectivity index (χ1n) is 8.12. The Kier molecular flexibility index (Phi) is 8.10. The predicted molar refractivity (Wildman–Crippen MR) is 110 cm³/mol. The van der Waals surface area contributed by atoms with Crippen LogP contribution in [0, 0.1) is 0 Å². The van der Waals surface area contributed by atoms with Crippen LogP contribution in [0.2, 0.25) is 14.4 Å². The summed E-state index contributed by atoms with van der Waals surface area (Å²) < 4.78 is 0.523. The van der Waals surface area contributed by atoms with Crippen LogP contribution >= 0.6 is 46.1 Å². The third-order valence-corrected chi connectivity index (χ3v) is 5.61. The summed E-state index contributed by atoms with van der Waals surface area (Å²) >= 11 is 19.0. The quantitative estimate of drug-likeness (QED) is 0.568. The lowest BCUT2D eigenvalue weighted by Gasteiger charge is -2.20. The Balaban J connectivity index is 1.90. The third-order valence-electron chi connectivity index (χ3n) is 3.71. The van der Waals surface area contributed by atoms with E-state index in [-0.39, 0.29) is 31.1 Å². The number of hydrogen-bond donors (Lipinski definition) is 1. The van der Waals surface area contributed by atoms with E-state index in [4.69, 9.17) is 34.8 Å². The van der Waals surface area contributed by atoms with Gasteiger partial charge in [0.1, 0.15) is 0 Å². The van der Waals surface area contributed by atoms with Crippen molar-refractivity contribution in [2.45, 2.75) is 19.8 Å². The van der Waals surface area contributed by atoms with Crippen molar-refractivity contribution in [2.75, 3.05) is 18.4 Å². The second-order valence-corrected chi connectivity index (χ2v) is 8.11. The maximum atomic E-state index is 12.4. The molecular weight excluding hydrogens is 431 g/mol. The van der Waals surface area contributed by atoms with Crippen LogP contribution < -0.4 is 5.32 Å².